The minimum atomic E-state index is 0.171. The zero-order chi connectivity index (χ0) is 13.1. The van der Waals surface area contributed by atoms with Crippen LogP contribution in [-0.4, -0.2) is 41.6 Å². The van der Waals surface area contributed by atoms with E-state index in [2.05, 4.69) is 43.2 Å². The molecular formula is C11H22N4S2. The van der Waals surface area contributed by atoms with Crippen molar-refractivity contribution in [2.75, 3.05) is 25.5 Å². The molecule has 98 valence electrons. The van der Waals surface area contributed by atoms with E-state index in [0.29, 0.717) is 5.25 Å². The van der Waals surface area contributed by atoms with Gasteiger partial charge in [0.1, 0.15) is 0 Å². The summed E-state index contributed by atoms with van der Waals surface area (Å²) in [4.78, 5) is 1.99. The second-order valence-electron chi connectivity index (χ2n) is 5.30. The monoisotopic (exact) mass is 274 g/mol. The number of anilines is 1. The van der Waals surface area contributed by atoms with Crippen LogP contribution in [0, 0.1) is 0 Å². The molecule has 1 aromatic rings. The Labute approximate surface area is 112 Å². The lowest BCUT2D eigenvalue weighted by Gasteiger charge is -2.22. The maximum atomic E-state index is 4.18. The molecule has 0 aliphatic heterocycles. The van der Waals surface area contributed by atoms with E-state index in [4.69, 9.17) is 0 Å². The molecule has 0 saturated heterocycles. The highest BCUT2D eigenvalue weighted by Crippen LogP contribution is 2.29. The summed E-state index contributed by atoms with van der Waals surface area (Å²) in [6, 6.07) is 0. The van der Waals surface area contributed by atoms with Crippen molar-refractivity contribution in [1.29, 1.82) is 0 Å². The average Bonchev–Trinajstić information content (AvgIpc) is 2.62. The van der Waals surface area contributed by atoms with E-state index in [9.17, 15) is 0 Å². The minimum absolute atomic E-state index is 0.171. The number of thioether (sulfide) groups is 1. The predicted molar refractivity (Wildman–Crippen MR) is 77.3 cm³/mol. The molecule has 0 amide bonds. The van der Waals surface area contributed by atoms with Gasteiger partial charge in [-0.15, -0.1) is 10.2 Å². The first kappa shape index (κ1) is 14.7. The van der Waals surface area contributed by atoms with Crippen LogP contribution in [0.25, 0.3) is 0 Å². The summed E-state index contributed by atoms with van der Waals surface area (Å²) in [5.74, 6) is 0. The topological polar surface area (TPSA) is 41.1 Å². The lowest BCUT2D eigenvalue weighted by molar-refractivity contribution is 0.429. The van der Waals surface area contributed by atoms with Crippen molar-refractivity contribution in [2.24, 2.45) is 0 Å². The molecule has 0 aliphatic carbocycles. The number of rotatable bonds is 5. The molecule has 0 aromatic carbocycles. The number of nitrogens with zero attached hydrogens (tertiary/aromatic N) is 3. The van der Waals surface area contributed by atoms with Gasteiger partial charge in [0.05, 0.1) is 0 Å². The van der Waals surface area contributed by atoms with E-state index in [1.54, 1.807) is 23.1 Å². The Kier molecular flexibility index (Phi) is 5.22. The van der Waals surface area contributed by atoms with Crippen LogP contribution in [0.1, 0.15) is 27.7 Å². The fraction of sp³-hybridized carbons (Fsp3) is 0.818. The normalized spacial score (nSPS) is 13.8. The van der Waals surface area contributed by atoms with Gasteiger partial charge in [-0.25, -0.2) is 0 Å². The summed E-state index contributed by atoms with van der Waals surface area (Å²) in [7, 11) is 3.97. The molecular weight excluding hydrogens is 252 g/mol. The Hall–Kier alpha value is -0.330. The molecule has 1 aromatic heterocycles. The third-order valence-corrected chi connectivity index (χ3v) is 4.28. The van der Waals surface area contributed by atoms with Gasteiger partial charge in [-0.3, -0.25) is 0 Å². The molecule has 0 fully saturated rings. The average molecular weight is 274 g/mol. The Balaban J connectivity index is 2.42. The largest absolute Gasteiger partial charge is 0.353 e. The molecule has 0 spiro atoms. The van der Waals surface area contributed by atoms with Crippen LogP contribution in [0.2, 0.25) is 0 Å². The number of hydrogen-bond acceptors (Lipinski definition) is 6. The van der Waals surface area contributed by atoms with E-state index in [-0.39, 0.29) is 5.54 Å². The molecule has 0 aliphatic rings. The molecule has 1 atom stereocenters. The second kappa shape index (κ2) is 6.02. The maximum absolute atomic E-state index is 4.18. The number of hydrogen-bond donors (Lipinski definition) is 1. The Morgan fingerprint density at radius 1 is 1.35 bits per heavy atom. The van der Waals surface area contributed by atoms with Crippen molar-refractivity contribution in [3.8, 4) is 0 Å². The highest BCUT2D eigenvalue weighted by atomic mass is 32.2. The van der Waals surface area contributed by atoms with Crippen LogP contribution in [0.4, 0.5) is 5.13 Å². The highest BCUT2D eigenvalue weighted by Gasteiger charge is 2.14. The smallest absolute Gasteiger partial charge is 0.208 e. The van der Waals surface area contributed by atoms with Crippen LogP contribution in [0.3, 0.4) is 0 Å². The zero-order valence-corrected chi connectivity index (χ0v) is 13.1. The highest BCUT2D eigenvalue weighted by molar-refractivity contribution is 8.01. The van der Waals surface area contributed by atoms with Crippen LogP contribution in [0.5, 0.6) is 0 Å². The first-order valence-electron chi connectivity index (χ1n) is 5.70. The molecule has 4 nitrogen and oxygen atoms in total. The SMILES string of the molecule is CC(CNC(C)(C)C)Sc1nnc(N(C)C)s1. The third kappa shape index (κ3) is 5.70. The fourth-order valence-electron chi connectivity index (χ4n) is 1.09. The lowest BCUT2D eigenvalue weighted by Crippen LogP contribution is -2.39. The minimum Gasteiger partial charge on any atom is -0.353 e. The van der Waals surface area contributed by atoms with Crippen LogP contribution in [0.15, 0.2) is 4.34 Å². The fourth-order valence-corrected chi connectivity index (χ4v) is 3.10. The number of nitrogens with one attached hydrogen (secondary N) is 1. The van der Waals surface area contributed by atoms with Gasteiger partial charge in [-0.05, 0) is 20.8 Å². The Morgan fingerprint density at radius 2 is 2.00 bits per heavy atom. The van der Waals surface area contributed by atoms with Gasteiger partial charge >= 0.3 is 0 Å². The second-order valence-corrected chi connectivity index (χ2v) is 7.95. The van der Waals surface area contributed by atoms with Crippen LogP contribution < -0.4 is 10.2 Å². The van der Waals surface area contributed by atoms with E-state index >= 15 is 0 Å². The van der Waals surface area contributed by atoms with Gasteiger partial charge < -0.3 is 10.2 Å². The molecule has 0 saturated carbocycles. The standard InChI is InChI=1S/C11H22N4S2/c1-8(7-12-11(2,3)4)16-10-14-13-9(17-10)15(5)6/h8,12H,7H2,1-6H3. The van der Waals surface area contributed by atoms with Crippen molar-refractivity contribution >= 4 is 28.2 Å². The Morgan fingerprint density at radius 3 is 2.47 bits per heavy atom. The van der Waals surface area contributed by atoms with Gasteiger partial charge in [0.25, 0.3) is 0 Å². The van der Waals surface area contributed by atoms with Gasteiger partial charge in [0.2, 0.25) is 5.13 Å². The lowest BCUT2D eigenvalue weighted by atomic mass is 10.1. The van der Waals surface area contributed by atoms with Gasteiger partial charge in [0, 0.05) is 31.4 Å². The summed E-state index contributed by atoms with van der Waals surface area (Å²) in [6.45, 7) is 9.73. The first-order chi connectivity index (χ1) is 7.78. The van der Waals surface area contributed by atoms with Crippen molar-refractivity contribution in [1.82, 2.24) is 15.5 Å². The van der Waals surface area contributed by atoms with Crippen molar-refractivity contribution in [3.63, 3.8) is 0 Å². The quantitative estimate of drug-likeness (QED) is 0.835. The van der Waals surface area contributed by atoms with E-state index in [0.717, 1.165) is 16.0 Å². The molecule has 6 heteroatoms. The molecule has 1 N–H and O–H groups in total. The third-order valence-electron chi connectivity index (χ3n) is 2.00. The molecule has 1 rings (SSSR count). The first-order valence-corrected chi connectivity index (χ1v) is 7.40. The molecule has 0 bridgehead atoms. The van der Waals surface area contributed by atoms with Gasteiger partial charge in [0.15, 0.2) is 4.34 Å². The van der Waals surface area contributed by atoms with E-state index < -0.39 is 0 Å². The molecule has 1 heterocycles. The molecule has 1 unspecified atom stereocenters. The van der Waals surface area contributed by atoms with E-state index in [1.807, 2.05) is 19.0 Å². The van der Waals surface area contributed by atoms with E-state index in [1.165, 1.54) is 0 Å². The summed E-state index contributed by atoms with van der Waals surface area (Å²) in [5.41, 5.74) is 0.171. The predicted octanol–water partition coefficient (Wildman–Crippen LogP) is 2.47. The summed E-state index contributed by atoms with van der Waals surface area (Å²) in [5, 5.41) is 13.3. The molecule has 17 heavy (non-hydrogen) atoms. The summed E-state index contributed by atoms with van der Waals surface area (Å²) in [6.07, 6.45) is 0. The van der Waals surface area contributed by atoms with Crippen LogP contribution >= 0.6 is 23.1 Å². The Bertz CT molecular complexity index is 343. The zero-order valence-electron chi connectivity index (χ0n) is 11.4. The maximum Gasteiger partial charge on any atom is 0.208 e. The summed E-state index contributed by atoms with van der Waals surface area (Å²) >= 11 is 3.42. The number of aromatic nitrogens is 2. The van der Waals surface area contributed by atoms with Crippen molar-refractivity contribution in [2.45, 2.75) is 42.8 Å². The summed E-state index contributed by atoms with van der Waals surface area (Å²) < 4.78 is 1.04. The molecule has 0 radical (unpaired) electrons. The van der Waals surface area contributed by atoms with Gasteiger partial charge in [-0.1, -0.05) is 30.0 Å². The van der Waals surface area contributed by atoms with Crippen LogP contribution in [-0.2, 0) is 0 Å². The van der Waals surface area contributed by atoms with Gasteiger partial charge in [-0.2, -0.15) is 0 Å². The van der Waals surface area contributed by atoms with Crippen molar-refractivity contribution < 1.29 is 0 Å². The van der Waals surface area contributed by atoms with Crippen molar-refractivity contribution in [3.05, 3.63) is 0 Å².